The van der Waals surface area contributed by atoms with E-state index in [-0.39, 0.29) is 18.7 Å². The third kappa shape index (κ3) is 6.39. The van der Waals surface area contributed by atoms with Gasteiger partial charge >= 0.3 is 0 Å². The molecule has 2 amide bonds. The van der Waals surface area contributed by atoms with Crippen molar-refractivity contribution in [2.24, 2.45) is 5.10 Å². The molecule has 0 fully saturated rings. The Kier molecular flexibility index (Phi) is 7.44. The van der Waals surface area contributed by atoms with Gasteiger partial charge in [0.15, 0.2) is 0 Å². The molecule has 1 aromatic rings. The summed E-state index contributed by atoms with van der Waals surface area (Å²) in [5.74, 6) is -0.679. The smallest absolute Gasteiger partial charge is 0.243 e. The van der Waals surface area contributed by atoms with Gasteiger partial charge in [-0.3, -0.25) is 19.8 Å². The van der Waals surface area contributed by atoms with Gasteiger partial charge in [0.2, 0.25) is 11.8 Å². The third-order valence-electron chi connectivity index (χ3n) is 2.38. The SMILES string of the molecule is O=C(CCCCC(=O)N/N=C/c1ccncc1Br)NO. The van der Waals surface area contributed by atoms with Crippen molar-refractivity contribution < 1.29 is 14.8 Å². The van der Waals surface area contributed by atoms with Gasteiger partial charge in [-0.05, 0) is 34.8 Å². The lowest BCUT2D eigenvalue weighted by molar-refractivity contribution is -0.129. The number of rotatable bonds is 7. The first kappa shape index (κ1) is 16.3. The summed E-state index contributed by atoms with van der Waals surface area (Å²) in [6, 6.07) is 1.76. The van der Waals surface area contributed by atoms with E-state index in [4.69, 9.17) is 5.21 Å². The summed E-state index contributed by atoms with van der Waals surface area (Å²) >= 11 is 3.31. The van der Waals surface area contributed by atoms with Crippen molar-refractivity contribution in [1.82, 2.24) is 15.9 Å². The normalized spacial score (nSPS) is 10.5. The molecule has 20 heavy (non-hydrogen) atoms. The van der Waals surface area contributed by atoms with E-state index in [9.17, 15) is 9.59 Å². The number of nitrogens with one attached hydrogen (secondary N) is 2. The maximum Gasteiger partial charge on any atom is 0.243 e. The van der Waals surface area contributed by atoms with Gasteiger partial charge in [0.05, 0.1) is 6.21 Å². The highest BCUT2D eigenvalue weighted by Crippen LogP contribution is 2.11. The van der Waals surface area contributed by atoms with Gasteiger partial charge in [0.25, 0.3) is 0 Å². The van der Waals surface area contributed by atoms with Gasteiger partial charge in [-0.15, -0.1) is 0 Å². The Morgan fingerprint density at radius 1 is 1.35 bits per heavy atom. The van der Waals surface area contributed by atoms with Crippen LogP contribution in [0.25, 0.3) is 0 Å². The minimum atomic E-state index is -0.453. The Balaban J connectivity index is 2.23. The van der Waals surface area contributed by atoms with Gasteiger partial charge in [-0.25, -0.2) is 10.9 Å². The predicted molar refractivity (Wildman–Crippen MR) is 76.1 cm³/mol. The zero-order valence-electron chi connectivity index (χ0n) is 10.7. The van der Waals surface area contributed by atoms with E-state index < -0.39 is 5.91 Å². The number of unbranched alkanes of at least 4 members (excludes halogenated alkanes) is 1. The summed E-state index contributed by atoms with van der Waals surface area (Å²) in [4.78, 5) is 26.1. The molecule has 108 valence electrons. The van der Waals surface area contributed by atoms with Crippen LogP contribution in [0.4, 0.5) is 0 Å². The Bertz CT molecular complexity index is 493. The Morgan fingerprint density at radius 2 is 2.05 bits per heavy atom. The number of carbonyl (C=O) groups excluding carboxylic acids is 2. The second-order valence-electron chi connectivity index (χ2n) is 3.93. The molecule has 0 unspecified atom stereocenters. The minimum absolute atomic E-state index is 0.191. The highest BCUT2D eigenvalue weighted by atomic mass is 79.9. The highest BCUT2D eigenvalue weighted by molar-refractivity contribution is 9.10. The van der Waals surface area contributed by atoms with E-state index in [1.165, 1.54) is 11.7 Å². The van der Waals surface area contributed by atoms with E-state index in [2.05, 4.69) is 31.4 Å². The molecule has 0 aliphatic heterocycles. The zero-order valence-corrected chi connectivity index (χ0v) is 12.3. The number of hydrogen-bond acceptors (Lipinski definition) is 5. The van der Waals surface area contributed by atoms with Crippen molar-refractivity contribution in [1.29, 1.82) is 0 Å². The lowest BCUT2D eigenvalue weighted by Crippen LogP contribution is -2.19. The maximum atomic E-state index is 11.4. The summed E-state index contributed by atoms with van der Waals surface area (Å²) in [6.07, 6.45) is 6.32. The van der Waals surface area contributed by atoms with Crippen LogP contribution in [0.3, 0.4) is 0 Å². The lowest BCUT2D eigenvalue weighted by atomic mass is 10.2. The second kappa shape index (κ2) is 9.16. The molecule has 8 heteroatoms. The lowest BCUT2D eigenvalue weighted by Gasteiger charge is -2.00. The summed E-state index contributed by atoms with van der Waals surface area (Å²) in [7, 11) is 0. The number of hydrogen-bond donors (Lipinski definition) is 3. The molecule has 0 aromatic carbocycles. The molecule has 0 bridgehead atoms. The molecule has 0 atom stereocenters. The predicted octanol–water partition coefficient (Wildman–Crippen LogP) is 1.36. The van der Waals surface area contributed by atoms with Gasteiger partial charge in [-0.2, -0.15) is 5.10 Å². The Morgan fingerprint density at radius 3 is 2.70 bits per heavy atom. The Hall–Kier alpha value is -1.80. The molecule has 0 saturated carbocycles. The molecule has 3 N–H and O–H groups in total. The fraction of sp³-hybridized carbons (Fsp3) is 0.333. The molecule has 1 rings (SSSR count). The average molecular weight is 343 g/mol. The molecule has 1 aromatic heterocycles. The van der Waals surface area contributed by atoms with Crippen LogP contribution in [0.15, 0.2) is 28.0 Å². The molecule has 7 nitrogen and oxygen atoms in total. The van der Waals surface area contributed by atoms with Crippen molar-refractivity contribution in [2.75, 3.05) is 0 Å². The van der Waals surface area contributed by atoms with Crippen molar-refractivity contribution in [2.45, 2.75) is 25.7 Å². The number of carbonyl (C=O) groups is 2. The molecule has 0 aliphatic carbocycles. The molecular weight excluding hydrogens is 328 g/mol. The summed E-state index contributed by atoms with van der Waals surface area (Å²) in [5, 5.41) is 12.1. The van der Waals surface area contributed by atoms with E-state index in [1.54, 1.807) is 18.5 Å². The Labute approximate surface area is 124 Å². The van der Waals surface area contributed by atoms with E-state index in [0.717, 1.165) is 10.0 Å². The van der Waals surface area contributed by atoms with Crippen LogP contribution < -0.4 is 10.9 Å². The number of halogens is 1. The van der Waals surface area contributed by atoms with E-state index in [1.807, 2.05) is 0 Å². The monoisotopic (exact) mass is 342 g/mol. The molecule has 0 radical (unpaired) electrons. The van der Waals surface area contributed by atoms with Gasteiger partial charge in [0, 0.05) is 35.3 Å². The van der Waals surface area contributed by atoms with Crippen LogP contribution in [-0.2, 0) is 9.59 Å². The summed E-state index contributed by atoms with van der Waals surface area (Å²) in [5.41, 5.74) is 4.74. The molecule has 0 saturated heterocycles. The van der Waals surface area contributed by atoms with Crippen LogP contribution in [0.5, 0.6) is 0 Å². The largest absolute Gasteiger partial charge is 0.289 e. The highest BCUT2D eigenvalue weighted by Gasteiger charge is 2.02. The third-order valence-corrected chi connectivity index (χ3v) is 3.04. The summed E-state index contributed by atoms with van der Waals surface area (Å²) in [6.45, 7) is 0. The molecule has 0 spiro atoms. The van der Waals surface area contributed by atoms with Crippen molar-refractivity contribution in [3.05, 3.63) is 28.5 Å². The first-order valence-electron chi connectivity index (χ1n) is 5.98. The second-order valence-corrected chi connectivity index (χ2v) is 4.79. The quantitative estimate of drug-likeness (QED) is 0.301. The van der Waals surface area contributed by atoms with E-state index >= 15 is 0 Å². The van der Waals surface area contributed by atoms with E-state index in [0.29, 0.717) is 12.8 Å². The van der Waals surface area contributed by atoms with Crippen molar-refractivity contribution >= 4 is 34.0 Å². The number of amides is 2. The van der Waals surface area contributed by atoms with Crippen LogP contribution in [0.1, 0.15) is 31.2 Å². The zero-order chi connectivity index (χ0) is 14.8. The van der Waals surface area contributed by atoms with Crippen LogP contribution in [-0.4, -0.2) is 28.2 Å². The standard InChI is InChI=1S/C12H15BrN4O3/c13-10-8-14-6-5-9(10)7-15-16-11(18)3-1-2-4-12(19)17-20/h5-8,20H,1-4H2,(H,16,18)(H,17,19)/b15-7+. The van der Waals surface area contributed by atoms with Crippen LogP contribution >= 0.6 is 15.9 Å². The number of hydrazone groups is 1. The topological polar surface area (TPSA) is 104 Å². The molecule has 0 aliphatic rings. The van der Waals surface area contributed by atoms with Crippen LogP contribution in [0.2, 0.25) is 0 Å². The molecule has 1 heterocycles. The number of aromatic nitrogens is 1. The fourth-order valence-electron chi connectivity index (χ4n) is 1.35. The number of hydroxylamine groups is 1. The van der Waals surface area contributed by atoms with Crippen LogP contribution in [0, 0.1) is 0 Å². The fourth-order valence-corrected chi connectivity index (χ4v) is 1.70. The number of nitrogens with zero attached hydrogens (tertiary/aromatic N) is 2. The first-order valence-corrected chi connectivity index (χ1v) is 6.77. The summed E-state index contributed by atoms with van der Waals surface area (Å²) < 4.78 is 0.785. The van der Waals surface area contributed by atoms with Gasteiger partial charge in [0.1, 0.15) is 0 Å². The van der Waals surface area contributed by atoms with Crippen molar-refractivity contribution in [3.63, 3.8) is 0 Å². The van der Waals surface area contributed by atoms with Crippen molar-refractivity contribution in [3.8, 4) is 0 Å². The number of pyridine rings is 1. The minimum Gasteiger partial charge on any atom is -0.289 e. The maximum absolute atomic E-state index is 11.4. The molecular formula is C12H15BrN4O3. The first-order chi connectivity index (χ1) is 9.63. The average Bonchev–Trinajstić information content (AvgIpc) is 2.45. The van der Waals surface area contributed by atoms with Gasteiger partial charge < -0.3 is 0 Å². The van der Waals surface area contributed by atoms with Gasteiger partial charge in [-0.1, -0.05) is 0 Å².